The number of benzene rings is 2. The average molecular weight is 642 g/mol. The molecule has 3 aliphatic heterocycles. The number of nitrogens with one attached hydrogen (secondary N) is 3. The van der Waals surface area contributed by atoms with E-state index >= 15 is 0 Å². The monoisotopic (exact) mass is 641 g/mol. The average Bonchev–Trinajstić information content (AvgIpc) is 3.79. The lowest BCUT2D eigenvalue weighted by atomic mass is 9.72. The summed E-state index contributed by atoms with van der Waals surface area (Å²) >= 11 is 0. The molecule has 12 nitrogen and oxygen atoms in total. The van der Waals surface area contributed by atoms with Crippen molar-refractivity contribution in [3.05, 3.63) is 82.8 Å². The molecular formula is C35H39N5O7. The summed E-state index contributed by atoms with van der Waals surface area (Å²) in [6.45, 7) is 10.6. The lowest BCUT2D eigenvalue weighted by molar-refractivity contribution is -0.135. The molecule has 4 aromatic rings. The first kappa shape index (κ1) is 30.9. The van der Waals surface area contributed by atoms with Gasteiger partial charge in [0.1, 0.15) is 46.9 Å². The Balaban J connectivity index is 1.48. The molecule has 2 unspecified atom stereocenters. The van der Waals surface area contributed by atoms with E-state index in [0.29, 0.717) is 22.9 Å². The van der Waals surface area contributed by atoms with Gasteiger partial charge in [-0.1, -0.05) is 58.0 Å². The Kier molecular flexibility index (Phi) is 7.21. The zero-order valence-corrected chi connectivity index (χ0v) is 27.1. The maximum absolute atomic E-state index is 14.0. The number of para-hydroxylation sites is 1. The highest BCUT2D eigenvalue weighted by atomic mass is 16.5. The number of rotatable bonds is 6. The van der Waals surface area contributed by atoms with Gasteiger partial charge in [0.15, 0.2) is 17.7 Å². The van der Waals surface area contributed by atoms with E-state index in [1.165, 1.54) is 6.26 Å². The van der Waals surface area contributed by atoms with Gasteiger partial charge in [-0.25, -0.2) is 9.97 Å². The summed E-state index contributed by atoms with van der Waals surface area (Å²) in [5.74, 6) is -0.212. The number of amides is 2. The van der Waals surface area contributed by atoms with Gasteiger partial charge in [-0.2, -0.15) is 0 Å². The molecule has 2 amide bonds. The standard InChI is InChI=1S/C35H39N5O7/c1-16(2)25-32-40-26(31-38-24(15-45-31)34(5,6)44)28(47-32)35-19-9-7-8-10-21(19)37-33(35)46-23-12-11-18(13-20(23)35)14-22(29(42)39-25)36-30(43)27(41)17(3)4/h7-13,15-17,22,25,27,33,37,41,44H,14H2,1-6H3,(H,36,43)(H,39,42)/t22-,25-,27-,33?,35?/m0/s1. The van der Waals surface area contributed by atoms with E-state index in [9.17, 15) is 19.8 Å². The number of aliphatic hydroxyl groups is 2. The SMILES string of the molecule is CC(C)[C@H](O)C(=O)N[C@H]1Cc2ccc3c(c2)C2(c4ccccc4NC2O3)c2oc(nc2-c2nc(C(C)(C)O)co2)[C@H](C(C)C)NC1=O. The van der Waals surface area contributed by atoms with Crippen molar-refractivity contribution in [2.75, 3.05) is 5.32 Å². The third kappa shape index (κ3) is 4.89. The number of hydrogen-bond donors (Lipinski definition) is 5. The summed E-state index contributed by atoms with van der Waals surface area (Å²) in [5, 5.41) is 30.6. The van der Waals surface area contributed by atoms with E-state index in [1.54, 1.807) is 27.7 Å². The number of nitrogens with zero attached hydrogens (tertiary/aromatic N) is 2. The molecule has 12 heteroatoms. The molecule has 5 N–H and O–H groups in total. The molecule has 0 fully saturated rings. The van der Waals surface area contributed by atoms with Crippen LogP contribution in [-0.2, 0) is 27.0 Å². The Bertz CT molecular complexity index is 1870. The lowest BCUT2D eigenvalue weighted by Gasteiger charge is -2.29. The van der Waals surface area contributed by atoms with E-state index in [4.69, 9.17) is 18.6 Å². The van der Waals surface area contributed by atoms with Crippen LogP contribution in [0.15, 0.2) is 57.6 Å². The summed E-state index contributed by atoms with van der Waals surface area (Å²) < 4.78 is 19.3. The van der Waals surface area contributed by atoms with E-state index in [0.717, 1.165) is 22.4 Å². The van der Waals surface area contributed by atoms with Crippen LogP contribution < -0.4 is 20.7 Å². The van der Waals surface area contributed by atoms with Crippen LogP contribution in [-0.4, -0.2) is 50.4 Å². The number of aromatic nitrogens is 2. The fourth-order valence-corrected chi connectivity index (χ4v) is 6.67. The second kappa shape index (κ2) is 11.0. The molecule has 246 valence electrons. The van der Waals surface area contributed by atoms with Crippen molar-refractivity contribution in [1.29, 1.82) is 0 Å². The molecule has 2 aromatic carbocycles. The quantitative estimate of drug-likeness (QED) is 0.208. The largest absolute Gasteiger partial charge is 0.469 e. The smallest absolute Gasteiger partial charge is 0.249 e. The van der Waals surface area contributed by atoms with Crippen LogP contribution >= 0.6 is 0 Å². The van der Waals surface area contributed by atoms with Crippen LogP contribution in [0.3, 0.4) is 0 Å². The van der Waals surface area contributed by atoms with Gasteiger partial charge < -0.3 is 39.7 Å². The fraction of sp³-hybridized carbons (Fsp3) is 0.429. The second-order valence-electron chi connectivity index (χ2n) is 13.8. The molecular weight excluding hydrogens is 602 g/mol. The van der Waals surface area contributed by atoms with Crippen molar-refractivity contribution in [2.45, 2.75) is 83.4 Å². The lowest BCUT2D eigenvalue weighted by Crippen LogP contribution is -2.52. The Morgan fingerprint density at radius 3 is 2.55 bits per heavy atom. The number of aliphatic hydroxyl groups excluding tert-OH is 1. The fourth-order valence-electron chi connectivity index (χ4n) is 6.67. The van der Waals surface area contributed by atoms with Gasteiger partial charge in [-0.15, -0.1) is 0 Å². The molecule has 4 bridgehead atoms. The van der Waals surface area contributed by atoms with Gasteiger partial charge in [-0.3, -0.25) is 9.59 Å². The molecule has 0 saturated carbocycles. The van der Waals surface area contributed by atoms with Crippen LogP contribution in [0.1, 0.15) is 81.6 Å². The minimum atomic E-state index is -1.28. The van der Waals surface area contributed by atoms with Gasteiger partial charge in [0.05, 0.1) is 0 Å². The van der Waals surface area contributed by atoms with Gasteiger partial charge >= 0.3 is 0 Å². The third-order valence-corrected chi connectivity index (χ3v) is 9.28. The number of ether oxygens (including phenoxy) is 1. The topological polar surface area (TPSA) is 172 Å². The first-order valence-corrected chi connectivity index (χ1v) is 15.9. The van der Waals surface area contributed by atoms with Crippen molar-refractivity contribution in [3.8, 4) is 17.3 Å². The highest BCUT2D eigenvalue weighted by Gasteiger charge is 2.61. The highest BCUT2D eigenvalue weighted by molar-refractivity contribution is 5.90. The van der Waals surface area contributed by atoms with Crippen molar-refractivity contribution in [1.82, 2.24) is 20.6 Å². The van der Waals surface area contributed by atoms with Crippen LogP contribution in [0.25, 0.3) is 11.6 Å². The zero-order chi connectivity index (χ0) is 33.4. The molecule has 0 radical (unpaired) electrons. The predicted molar refractivity (Wildman–Crippen MR) is 170 cm³/mol. The van der Waals surface area contributed by atoms with Gasteiger partial charge in [0.25, 0.3) is 0 Å². The number of hydrogen-bond acceptors (Lipinski definition) is 10. The molecule has 0 aliphatic carbocycles. The molecule has 0 saturated heterocycles. The van der Waals surface area contributed by atoms with Gasteiger partial charge in [0.2, 0.25) is 23.6 Å². The second-order valence-corrected chi connectivity index (χ2v) is 13.8. The maximum atomic E-state index is 14.0. The Labute approximate surface area is 271 Å². The van der Waals surface area contributed by atoms with Crippen LogP contribution in [0.5, 0.6) is 5.75 Å². The third-order valence-electron chi connectivity index (χ3n) is 9.28. The molecule has 7 rings (SSSR count). The normalized spacial score (nSPS) is 23.6. The van der Waals surface area contributed by atoms with Gasteiger partial charge in [-0.05, 0) is 48.9 Å². The summed E-state index contributed by atoms with van der Waals surface area (Å²) in [7, 11) is 0. The number of carbonyl (C=O) groups is 2. The van der Waals surface area contributed by atoms with Crippen LogP contribution in [0, 0.1) is 11.8 Å². The summed E-state index contributed by atoms with van der Waals surface area (Å²) in [5.41, 5.74) is 1.60. The first-order chi connectivity index (χ1) is 22.3. The maximum Gasteiger partial charge on any atom is 0.249 e. The molecule has 2 aromatic heterocycles. The zero-order valence-electron chi connectivity index (χ0n) is 27.1. The molecule has 5 atom stereocenters. The van der Waals surface area contributed by atoms with E-state index in [1.807, 2.05) is 56.3 Å². The first-order valence-electron chi connectivity index (χ1n) is 15.9. The number of carbonyl (C=O) groups excluding carboxylic acids is 2. The molecule has 3 aliphatic rings. The summed E-state index contributed by atoms with van der Waals surface area (Å²) in [4.78, 5) is 36.6. The highest BCUT2D eigenvalue weighted by Crippen LogP contribution is 2.59. The van der Waals surface area contributed by atoms with Gasteiger partial charge in [0, 0.05) is 17.7 Å². The number of anilines is 1. The van der Waals surface area contributed by atoms with Crippen LogP contribution in [0.4, 0.5) is 5.69 Å². The molecule has 5 heterocycles. The van der Waals surface area contributed by atoms with Crippen molar-refractivity contribution >= 4 is 17.5 Å². The molecule has 47 heavy (non-hydrogen) atoms. The van der Waals surface area contributed by atoms with E-state index in [2.05, 4.69) is 20.9 Å². The summed E-state index contributed by atoms with van der Waals surface area (Å²) in [6.07, 6.45) is -0.352. The minimum Gasteiger partial charge on any atom is -0.469 e. The molecule has 1 spiro atoms. The van der Waals surface area contributed by atoms with Crippen LogP contribution in [0.2, 0.25) is 0 Å². The van der Waals surface area contributed by atoms with Crippen molar-refractivity contribution in [3.63, 3.8) is 0 Å². The van der Waals surface area contributed by atoms with Crippen molar-refractivity contribution < 1.29 is 33.4 Å². The van der Waals surface area contributed by atoms with E-state index < -0.39 is 47.2 Å². The van der Waals surface area contributed by atoms with Crippen molar-refractivity contribution in [2.24, 2.45) is 11.8 Å². The summed E-state index contributed by atoms with van der Waals surface area (Å²) in [6, 6.07) is 11.8. The minimum absolute atomic E-state index is 0.144. The predicted octanol–water partition coefficient (Wildman–Crippen LogP) is 3.91. The number of oxazole rings is 2. The Morgan fingerprint density at radius 2 is 1.85 bits per heavy atom. The Morgan fingerprint density at radius 1 is 1.09 bits per heavy atom. The number of fused-ring (bicyclic) bond motifs is 4. The Hall–Kier alpha value is -4.68. The van der Waals surface area contributed by atoms with E-state index in [-0.39, 0.29) is 30.0 Å².